The molecule has 0 radical (unpaired) electrons. The third kappa shape index (κ3) is 2.50. The second-order valence-electron chi connectivity index (χ2n) is 4.94. The maximum absolute atomic E-state index is 4.69. The van der Waals surface area contributed by atoms with E-state index in [1.54, 1.807) is 0 Å². The number of benzene rings is 1. The number of hydrogen-bond donors (Lipinski definition) is 1. The fraction of sp³-hybridized carbons (Fsp3) is 0.500. The van der Waals surface area contributed by atoms with E-state index in [0.717, 1.165) is 18.1 Å². The van der Waals surface area contributed by atoms with Crippen LogP contribution in [0.25, 0.3) is 10.2 Å². The molecule has 0 amide bonds. The summed E-state index contributed by atoms with van der Waals surface area (Å²) >= 11 is 1.82. The first-order valence-corrected chi connectivity index (χ1v) is 7.22. The summed E-state index contributed by atoms with van der Waals surface area (Å²) in [6, 6.07) is 7.24. The van der Waals surface area contributed by atoms with Gasteiger partial charge in [0.1, 0.15) is 5.01 Å². The zero-order chi connectivity index (χ0) is 11.7. The van der Waals surface area contributed by atoms with Gasteiger partial charge in [0, 0.05) is 12.6 Å². The van der Waals surface area contributed by atoms with Crippen LogP contribution in [0.1, 0.15) is 36.3 Å². The van der Waals surface area contributed by atoms with Crippen LogP contribution in [0.15, 0.2) is 18.2 Å². The van der Waals surface area contributed by atoms with E-state index in [2.05, 4.69) is 30.4 Å². The van der Waals surface area contributed by atoms with Crippen molar-refractivity contribution in [3.63, 3.8) is 0 Å². The van der Waals surface area contributed by atoms with Gasteiger partial charge in [0.2, 0.25) is 0 Å². The second-order valence-corrected chi connectivity index (χ2v) is 6.06. The normalized spacial score (nSPS) is 17.0. The highest BCUT2D eigenvalue weighted by Gasteiger charge is 2.14. The Kier molecular flexibility index (Phi) is 3.12. The standard InChI is InChI=1S/C14H18N2S/c1-10-6-7-13-12(8-10)16-14(17-13)9-15-11-4-2-3-5-11/h6-8,11,15H,2-5,9H2,1H3. The highest BCUT2D eigenvalue weighted by Crippen LogP contribution is 2.24. The molecule has 1 saturated carbocycles. The Morgan fingerprint density at radius 1 is 1.35 bits per heavy atom. The molecule has 1 aromatic carbocycles. The molecule has 0 saturated heterocycles. The first kappa shape index (κ1) is 11.2. The minimum atomic E-state index is 0.726. The molecule has 3 heteroatoms. The monoisotopic (exact) mass is 246 g/mol. The lowest BCUT2D eigenvalue weighted by Gasteiger charge is -2.09. The summed E-state index contributed by atoms with van der Waals surface area (Å²) in [6.07, 6.45) is 5.45. The predicted octanol–water partition coefficient (Wildman–Crippen LogP) is 3.64. The Bertz CT molecular complexity index is 512. The third-order valence-electron chi connectivity index (χ3n) is 3.48. The number of hydrogen-bond acceptors (Lipinski definition) is 3. The van der Waals surface area contributed by atoms with E-state index in [1.807, 2.05) is 11.3 Å². The van der Waals surface area contributed by atoms with Gasteiger partial charge in [-0.2, -0.15) is 0 Å². The summed E-state index contributed by atoms with van der Waals surface area (Å²) in [4.78, 5) is 4.69. The van der Waals surface area contributed by atoms with Gasteiger partial charge in [-0.25, -0.2) is 4.98 Å². The van der Waals surface area contributed by atoms with E-state index < -0.39 is 0 Å². The van der Waals surface area contributed by atoms with Crippen LogP contribution in [0.5, 0.6) is 0 Å². The van der Waals surface area contributed by atoms with Crippen LogP contribution in [-0.2, 0) is 6.54 Å². The number of thiazole rings is 1. The molecule has 1 fully saturated rings. The molecule has 0 aliphatic heterocycles. The Morgan fingerprint density at radius 3 is 3.00 bits per heavy atom. The van der Waals surface area contributed by atoms with Gasteiger partial charge in [-0.1, -0.05) is 18.9 Å². The van der Waals surface area contributed by atoms with E-state index in [-0.39, 0.29) is 0 Å². The molecule has 2 nitrogen and oxygen atoms in total. The van der Waals surface area contributed by atoms with Gasteiger partial charge in [-0.3, -0.25) is 0 Å². The van der Waals surface area contributed by atoms with Crippen molar-refractivity contribution >= 4 is 21.6 Å². The van der Waals surface area contributed by atoms with Crippen molar-refractivity contribution in [2.45, 2.75) is 45.2 Å². The smallest absolute Gasteiger partial charge is 0.108 e. The molecular formula is C14H18N2S. The maximum Gasteiger partial charge on any atom is 0.108 e. The number of aromatic nitrogens is 1. The summed E-state index contributed by atoms with van der Waals surface area (Å²) in [7, 11) is 0. The average Bonchev–Trinajstić information content (AvgIpc) is 2.94. The Hall–Kier alpha value is -0.930. The van der Waals surface area contributed by atoms with Crippen LogP contribution in [0.3, 0.4) is 0 Å². The summed E-state index contributed by atoms with van der Waals surface area (Å²) < 4.78 is 1.30. The summed E-state index contributed by atoms with van der Waals surface area (Å²) in [5.41, 5.74) is 2.44. The van der Waals surface area contributed by atoms with Crippen molar-refractivity contribution in [1.82, 2.24) is 10.3 Å². The van der Waals surface area contributed by atoms with Crippen molar-refractivity contribution in [3.05, 3.63) is 28.8 Å². The quantitative estimate of drug-likeness (QED) is 0.894. The molecule has 90 valence electrons. The lowest BCUT2D eigenvalue weighted by atomic mass is 10.2. The highest BCUT2D eigenvalue weighted by molar-refractivity contribution is 7.18. The number of fused-ring (bicyclic) bond motifs is 1. The second kappa shape index (κ2) is 4.75. The minimum Gasteiger partial charge on any atom is -0.308 e. The Morgan fingerprint density at radius 2 is 2.18 bits per heavy atom. The zero-order valence-electron chi connectivity index (χ0n) is 10.2. The van der Waals surface area contributed by atoms with Gasteiger partial charge in [0.05, 0.1) is 10.2 Å². The largest absolute Gasteiger partial charge is 0.308 e. The third-order valence-corrected chi connectivity index (χ3v) is 4.52. The summed E-state index contributed by atoms with van der Waals surface area (Å²) in [5, 5.41) is 4.84. The molecule has 1 aliphatic carbocycles. The zero-order valence-corrected chi connectivity index (χ0v) is 11.0. The van der Waals surface area contributed by atoms with Crippen LogP contribution in [0.2, 0.25) is 0 Å². The number of nitrogens with one attached hydrogen (secondary N) is 1. The van der Waals surface area contributed by atoms with Crippen molar-refractivity contribution in [2.24, 2.45) is 0 Å². The van der Waals surface area contributed by atoms with E-state index in [9.17, 15) is 0 Å². The van der Waals surface area contributed by atoms with Crippen molar-refractivity contribution in [1.29, 1.82) is 0 Å². The number of aryl methyl sites for hydroxylation is 1. The molecule has 1 heterocycles. The molecule has 1 aliphatic rings. The molecule has 1 N–H and O–H groups in total. The molecule has 17 heavy (non-hydrogen) atoms. The van der Waals surface area contributed by atoms with Gasteiger partial charge in [0.25, 0.3) is 0 Å². The average molecular weight is 246 g/mol. The summed E-state index contributed by atoms with van der Waals surface area (Å²) in [5.74, 6) is 0. The number of rotatable bonds is 3. The van der Waals surface area contributed by atoms with Gasteiger partial charge in [-0.15, -0.1) is 11.3 Å². The van der Waals surface area contributed by atoms with Crippen LogP contribution in [-0.4, -0.2) is 11.0 Å². The van der Waals surface area contributed by atoms with Crippen molar-refractivity contribution in [2.75, 3.05) is 0 Å². The molecular weight excluding hydrogens is 228 g/mol. The predicted molar refractivity (Wildman–Crippen MR) is 73.5 cm³/mol. The maximum atomic E-state index is 4.69. The first-order valence-electron chi connectivity index (χ1n) is 6.41. The van der Waals surface area contributed by atoms with Gasteiger partial charge in [0.15, 0.2) is 0 Å². The lowest BCUT2D eigenvalue weighted by molar-refractivity contribution is 0.523. The fourth-order valence-corrected chi connectivity index (χ4v) is 3.42. The van der Waals surface area contributed by atoms with E-state index in [4.69, 9.17) is 4.98 Å². The Balaban J connectivity index is 1.72. The van der Waals surface area contributed by atoms with Gasteiger partial charge >= 0.3 is 0 Å². The van der Waals surface area contributed by atoms with Crippen LogP contribution in [0.4, 0.5) is 0 Å². The molecule has 0 spiro atoms. The summed E-state index contributed by atoms with van der Waals surface area (Å²) in [6.45, 7) is 3.05. The minimum absolute atomic E-state index is 0.726. The lowest BCUT2D eigenvalue weighted by Crippen LogP contribution is -2.25. The molecule has 1 aromatic heterocycles. The van der Waals surface area contributed by atoms with E-state index >= 15 is 0 Å². The van der Waals surface area contributed by atoms with Gasteiger partial charge < -0.3 is 5.32 Å². The first-order chi connectivity index (χ1) is 8.31. The highest BCUT2D eigenvalue weighted by atomic mass is 32.1. The molecule has 0 atom stereocenters. The van der Waals surface area contributed by atoms with Crippen LogP contribution < -0.4 is 5.32 Å². The molecule has 0 bridgehead atoms. The van der Waals surface area contributed by atoms with Gasteiger partial charge in [-0.05, 0) is 37.5 Å². The fourth-order valence-electron chi connectivity index (χ4n) is 2.52. The van der Waals surface area contributed by atoms with E-state index in [1.165, 1.54) is 41.0 Å². The SMILES string of the molecule is Cc1ccc2sc(CNC3CCCC3)nc2c1. The topological polar surface area (TPSA) is 24.9 Å². The van der Waals surface area contributed by atoms with Crippen LogP contribution >= 0.6 is 11.3 Å². The van der Waals surface area contributed by atoms with Crippen molar-refractivity contribution < 1.29 is 0 Å². The molecule has 2 aromatic rings. The van der Waals surface area contributed by atoms with E-state index in [0.29, 0.717) is 0 Å². The molecule has 0 unspecified atom stereocenters. The Labute approximate surface area is 106 Å². The van der Waals surface area contributed by atoms with Crippen LogP contribution in [0, 0.1) is 6.92 Å². The number of nitrogens with zero attached hydrogens (tertiary/aromatic N) is 1. The van der Waals surface area contributed by atoms with Crippen molar-refractivity contribution in [3.8, 4) is 0 Å². The molecule has 3 rings (SSSR count).